The molecule has 20 heavy (non-hydrogen) atoms. The van der Waals surface area contributed by atoms with Crippen LogP contribution in [0.4, 0.5) is 5.69 Å². The van der Waals surface area contributed by atoms with Gasteiger partial charge in [-0.3, -0.25) is 0 Å². The maximum atomic E-state index is 5.85. The molecule has 0 amide bonds. The minimum absolute atomic E-state index is 0.552. The Morgan fingerprint density at radius 2 is 1.65 bits per heavy atom. The van der Waals surface area contributed by atoms with Gasteiger partial charge in [0, 0.05) is 17.3 Å². The van der Waals surface area contributed by atoms with E-state index < -0.39 is 0 Å². The number of ether oxygens (including phenoxy) is 1. The normalized spacial score (nSPS) is 10.6. The smallest absolute Gasteiger partial charge is 0.119 e. The van der Waals surface area contributed by atoms with E-state index in [0.717, 1.165) is 28.6 Å². The highest BCUT2D eigenvalue weighted by atomic mass is 35.5. The van der Waals surface area contributed by atoms with Crippen LogP contribution in [-0.4, -0.2) is 6.54 Å². The molecule has 0 radical (unpaired) electrons. The molecule has 0 heterocycles. The second-order valence-electron chi connectivity index (χ2n) is 5.21. The van der Waals surface area contributed by atoms with Crippen molar-refractivity contribution in [2.24, 2.45) is 5.92 Å². The number of anilines is 1. The Morgan fingerprint density at radius 3 is 2.25 bits per heavy atom. The molecule has 0 fully saturated rings. The zero-order valence-electron chi connectivity index (χ0n) is 11.9. The van der Waals surface area contributed by atoms with Gasteiger partial charge in [0.15, 0.2) is 0 Å². The van der Waals surface area contributed by atoms with Gasteiger partial charge in [-0.2, -0.15) is 0 Å². The van der Waals surface area contributed by atoms with Gasteiger partial charge in [0.1, 0.15) is 12.4 Å². The third kappa shape index (κ3) is 4.78. The molecule has 0 unspecified atom stereocenters. The summed E-state index contributed by atoms with van der Waals surface area (Å²) in [5, 5.41) is 4.13. The van der Waals surface area contributed by atoms with Gasteiger partial charge in [-0.05, 0) is 47.9 Å². The second-order valence-corrected chi connectivity index (χ2v) is 5.65. The molecule has 3 heteroatoms. The number of hydrogen-bond donors (Lipinski definition) is 1. The first kappa shape index (κ1) is 14.7. The van der Waals surface area contributed by atoms with Crippen molar-refractivity contribution in [3.05, 3.63) is 59.1 Å². The Kier molecular flexibility index (Phi) is 5.31. The lowest BCUT2D eigenvalue weighted by atomic mass is 10.2. The van der Waals surface area contributed by atoms with Crippen molar-refractivity contribution >= 4 is 17.3 Å². The minimum Gasteiger partial charge on any atom is -0.489 e. The lowest BCUT2D eigenvalue weighted by molar-refractivity contribution is 0.306. The van der Waals surface area contributed by atoms with E-state index in [1.165, 1.54) is 0 Å². The molecule has 0 bridgehead atoms. The molecule has 0 aliphatic carbocycles. The fraction of sp³-hybridized carbons (Fsp3) is 0.294. The summed E-state index contributed by atoms with van der Waals surface area (Å²) in [5.74, 6) is 1.51. The van der Waals surface area contributed by atoms with E-state index >= 15 is 0 Å². The number of halogens is 1. The SMILES string of the molecule is CC(C)CNc1ccc(OCc2ccc(Cl)cc2)cc1. The van der Waals surface area contributed by atoms with Crippen LogP contribution in [0, 0.1) is 5.92 Å². The van der Waals surface area contributed by atoms with Crippen molar-refractivity contribution in [3.8, 4) is 5.75 Å². The molecule has 2 aromatic rings. The summed E-state index contributed by atoms with van der Waals surface area (Å²) in [7, 11) is 0. The maximum Gasteiger partial charge on any atom is 0.119 e. The molecule has 0 aliphatic rings. The van der Waals surface area contributed by atoms with E-state index in [-0.39, 0.29) is 0 Å². The van der Waals surface area contributed by atoms with Crippen LogP contribution < -0.4 is 10.1 Å². The van der Waals surface area contributed by atoms with Crippen molar-refractivity contribution in [2.75, 3.05) is 11.9 Å². The van der Waals surface area contributed by atoms with Gasteiger partial charge < -0.3 is 10.1 Å². The molecule has 0 saturated carbocycles. The molecular weight excluding hydrogens is 270 g/mol. The molecule has 0 atom stereocenters. The summed E-state index contributed by atoms with van der Waals surface area (Å²) >= 11 is 5.85. The summed E-state index contributed by atoms with van der Waals surface area (Å²) < 4.78 is 5.74. The van der Waals surface area contributed by atoms with Crippen LogP contribution in [0.3, 0.4) is 0 Å². The van der Waals surface area contributed by atoms with Crippen molar-refractivity contribution < 1.29 is 4.74 Å². The standard InChI is InChI=1S/C17H20ClNO/c1-13(2)11-19-16-7-9-17(10-8-16)20-12-14-3-5-15(18)6-4-14/h3-10,13,19H,11-12H2,1-2H3. The van der Waals surface area contributed by atoms with Gasteiger partial charge in [0.2, 0.25) is 0 Å². The quantitative estimate of drug-likeness (QED) is 0.809. The lowest BCUT2D eigenvalue weighted by Gasteiger charge is -2.10. The summed E-state index contributed by atoms with van der Waals surface area (Å²) in [4.78, 5) is 0. The number of hydrogen-bond acceptors (Lipinski definition) is 2. The second kappa shape index (κ2) is 7.20. The molecule has 2 aromatic carbocycles. The van der Waals surface area contributed by atoms with Crippen LogP contribution in [-0.2, 0) is 6.61 Å². The Labute approximate surface area is 125 Å². The van der Waals surface area contributed by atoms with Crippen LogP contribution in [0.1, 0.15) is 19.4 Å². The van der Waals surface area contributed by atoms with E-state index in [1.807, 2.05) is 48.5 Å². The number of nitrogens with one attached hydrogen (secondary N) is 1. The van der Waals surface area contributed by atoms with Crippen LogP contribution in [0.2, 0.25) is 5.02 Å². The zero-order valence-corrected chi connectivity index (χ0v) is 12.7. The lowest BCUT2D eigenvalue weighted by Crippen LogP contribution is -2.07. The minimum atomic E-state index is 0.552. The summed E-state index contributed by atoms with van der Waals surface area (Å²) in [5.41, 5.74) is 2.23. The maximum absolute atomic E-state index is 5.85. The molecule has 2 nitrogen and oxygen atoms in total. The van der Waals surface area contributed by atoms with Gasteiger partial charge in [-0.15, -0.1) is 0 Å². The predicted molar refractivity (Wildman–Crippen MR) is 85.6 cm³/mol. The first-order valence-corrected chi connectivity index (χ1v) is 7.22. The first-order valence-electron chi connectivity index (χ1n) is 6.84. The van der Waals surface area contributed by atoms with Crippen molar-refractivity contribution in [2.45, 2.75) is 20.5 Å². The van der Waals surface area contributed by atoms with Crippen molar-refractivity contribution in [1.82, 2.24) is 0 Å². The fourth-order valence-corrected chi connectivity index (χ4v) is 1.86. The van der Waals surface area contributed by atoms with E-state index in [1.54, 1.807) is 0 Å². The van der Waals surface area contributed by atoms with Crippen molar-refractivity contribution in [1.29, 1.82) is 0 Å². The predicted octanol–water partition coefficient (Wildman–Crippen LogP) is 4.99. The molecule has 0 aromatic heterocycles. The average Bonchev–Trinajstić information content (AvgIpc) is 2.45. The third-order valence-corrected chi connectivity index (χ3v) is 3.14. The van der Waals surface area contributed by atoms with E-state index in [4.69, 9.17) is 16.3 Å². The van der Waals surface area contributed by atoms with Gasteiger partial charge in [-0.1, -0.05) is 37.6 Å². The Balaban J connectivity index is 1.85. The monoisotopic (exact) mass is 289 g/mol. The third-order valence-electron chi connectivity index (χ3n) is 2.89. The number of rotatable bonds is 6. The molecule has 1 N–H and O–H groups in total. The molecular formula is C17H20ClNO. The highest BCUT2D eigenvalue weighted by Gasteiger charge is 1.98. The van der Waals surface area contributed by atoms with Gasteiger partial charge in [0.25, 0.3) is 0 Å². The topological polar surface area (TPSA) is 21.3 Å². The molecule has 0 aliphatic heterocycles. The van der Waals surface area contributed by atoms with Crippen molar-refractivity contribution in [3.63, 3.8) is 0 Å². The van der Waals surface area contributed by atoms with Gasteiger partial charge in [-0.25, -0.2) is 0 Å². The Morgan fingerprint density at radius 1 is 1.00 bits per heavy atom. The van der Waals surface area contributed by atoms with Crippen LogP contribution >= 0.6 is 11.6 Å². The molecule has 0 spiro atoms. The molecule has 2 rings (SSSR count). The summed E-state index contributed by atoms with van der Waals surface area (Å²) in [6, 6.07) is 15.7. The molecule has 106 valence electrons. The number of benzene rings is 2. The van der Waals surface area contributed by atoms with Gasteiger partial charge in [0.05, 0.1) is 0 Å². The largest absolute Gasteiger partial charge is 0.489 e. The van der Waals surface area contributed by atoms with Gasteiger partial charge >= 0.3 is 0 Å². The highest BCUT2D eigenvalue weighted by Crippen LogP contribution is 2.18. The summed E-state index contributed by atoms with van der Waals surface area (Å²) in [6.07, 6.45) is 0. The molecule has 0 saturated heterocycles. The first-order chi connectivity index (χ1) is 9.63. The Hall–Kier alpha value is -1.67. The average molecular weight is 290 g/mol. The van der Waals surface area contributed by atoms with Crippen LogP contribution in [0.25, 0.3) is 0 Å². The zero-order chi connectivity index (χ0) is 14.4. The fourth-order valence-electron chi connectivity index (χ4n) is 1.74. The van der Waals surface area contributed by atoms with Crippen LogP contribution in [0.5, 0.6) is 5.75 Å². The van der Waals surface area contributed by atoms with E-state index in [2.05, 4.69) is 19.2 Å². The van der Waals surface area contributed by atoms with E-state index in [9.17, 15) is 0 Å². The van der Waals surface area contributed by atoms with Crippen LogP contribution in [0.15, 0.2) is 48.5 Å². The van der Waals surface area contributed by atoms with E-state index in [0.29, 0.717) is 12.5 Å². The highest BCUT2D eigenvalue weighted by molar-refractivity contribution is 6.30. The Bertz CT molecular complexity index is 520. The summed E-state index contributed by atoms with van der Waals surface area (Å²) in [6.45, 7) is 5.91.